The Balaban J connectivity index is 2.80. The van der Waals surface area contributed by atoms with Crippen LogP contribution in [0.2, 0.25) is 10.2 Å². The molecule has 0 aliphatic carbocycles. The molecule has 0 aliphatic heterocycles. The minimum Gasteiger partial charge on any atom is -0.297 e. The summed E-state index contributed by atoms with van der Waals surface area (Å²) >= 11 is 11.7. The number of halogens is 2. The fourth-order valence-electron chi connectivity index (χ4n) is 1.70. The zero-order chi connectivity index (χ0) is 13.3. The molecule has 0 aliphatic rings. The fourth-order valence-corrected chi connectivity index (χ4v) is 2.18. The number of aromatic amines is 1. The highest BCUT2D eigenvalue weighted by Crippen LogP contribution is 2.13. The van der Waals surface area contributed by atoms with Gasteiger partial charge in [-0.2, -0.15) is 0 Å². The molecule has 1 heterocycles. The van der Waals surface area contributed by atoms with Crippen molar-refractivity contribution in [2.24, 2.45) is 0 Å². The number of hydrogen-bond donors (Lipinski definition) is 1. The van der Waals surface area contributed by atoms with Gasteiger partial charge < -0.3 is 0 Å². The van der Waals surface area contributed by atoms with Gasteiger partial charge in [-0.25, -0.2) is 9.36 Å². The second kappa shape index (κ2) is 5.00. The van der Waals surface area contributed by atoms with Gasteiger partial charge in [0.1, 0.15) is 5.15 Å². The van der Waals surface area contributed by atoms with E-state index in [2.05, 4.69) is 4.98 Å². The Morgan fingerprint density at radius 1 is 1.28 bits per heavy atom. The summed E-state index contributed by atoms with van der Waals surface area (Å²) in [5.74, 6) is 0. The molecule has 0 saturated heterocycles. The molecule has 0 amide bonds. The highest BCUT2D eigenvalue weighted by molar-refractivity contribution is 6.30. The van der Waals surface area contributed by atoms with Crippen LogP contribution in [0.1, 0.15) is 12.5 Å². The van der Waals surface area contributed by atoms with Crippen molar-refractivity contribution in [1.29, 1.82) is 0 Å². The second-order valence-corrected chi connectivity index (χ2v) is 4.51. The SMILES string of the molecule is CCc1c(Cl)[nH]c(=O)n(-c2cccc(Cl)c2)c1=O. The number of hydrogen-bond acceptors (Lipinski definition) is 2. The van der Waals surface area contributed by atoms with E-state index >= 15 is 0 Å². The standard InChI is InChI=1S/C12H10Cl2N2O2/c1-2-9-10(14)15-12(18)16(11(9)17)8-5-3-4-7(13)6-8/h3-6H,2H2,1H3,(H,15,18). The van der Waals surface area contributed by atoms with Crippen LogP contribution in [0.3, 0.4) is 0 Å². The van der Waals surface area contributed by atoms with Crippen LogP contribution in [0.15, 0.2) is 33.9 Å². The highest BCUT2D eigenvalue weighted by Gasteiger charge is 2.12. The summed E-state index contributed by atoms with van der Waals surface area (Å²) in [5, 5.41) is 0.539. The monoisotopic (exact) mass is 284 g/mol. The van der Waals surface area contributed by atoms with Crippen molar-refractivity contribution in [2.75, 3.05) is 0 Å². The lowest BCUT2D eigenvalue weighted by molar-refractivity contribution is 0.842. The maximum absolute atomic E-state index is 12.2. The Labute approximate surface area is 113 Å². The molecule has 0 bridgehead atoms. The van der Waals surface area contributed by atoms with Crippen LogP contribution in [-0.4, -0.2) is 9.55 Å². The van der Waals surface area contributed by atoms with Crippen LogP contribution in [0.25, 0.3) is 5.69 Å². The summed E-state index contributed by atoms with van der Waals surface area (Å²) in [7, 11) is 0. The topological polar surface area (TPSA) is 54.9 Å². The molecule has 0 spiro atoms. The molecule has 2 aromatic rings. The minimum atomic E-state index is -0.579. The Morgan fingerprint density at radius 2 is 2.00 bits per heavy atom. The van der Waals surface area contributed by atoms with Crippen molar-refractivity contribution in [3.05, 3.63) is 60.8 Å². The van der Waals surface area contributed by atoms with E-state index in [1.807, 2.05) is 0 Å². The van der Waals surface area contributed by atoms with Crippen LogP contribution in [0, 0.1) is 0 Å². The normalized spacial score (nSPS) is 10.6. The first-order chi connectivity index (χ1) is 8.54. The molecule has 0 atom stereocenters. The smallest absolute Gasteiger partial charge is 0.297 e. The summed E-state index contributed by atoms with van der Waals surface area (Å²) in [6.45, 7) is 1.79. The van der Waals surface area contributed by atoms with Gasteiger partial charge in [-0.05, 0) is 24.6 Å². The first-order valence-electron chi connectivity index (χ1n) is 5.34. The van der Waals surface area contributed by atoms with E-state index in [1.54, 1.807) is 31.2 Å². The summed E-state index contributed by atoms with van der Waals surface area (Å²) in [4.78, 5) is 26.4. The van der Waals surface area contributed by atoms with Gasteiger partial charge in [-0.15, -0.1) is 0 Å². The van der Waals surface area contributed by atoms with Gasteiger partial charge in [0.15, 0.2) is 0 Å². The number of nitrogens with zero attached hydrogens (tertiary/aromatic N) is 1. The molecule has 18 heavy (non-hydrogen) atoms. The molecule has 1 aromatic carbocycles. The summed E-state index contributed by atoms with van der Waals surface area (Å²) in [5.41, 5.74) is -0.214. The molecule has 1 aromatic heterocycles. The molecule has 94 valence electrons. The third kappa shape index (κ3) is 2.21. The third-order valence-electron chi connectivity index (χ3n) is 2.57. The second-order valence-electron chi connectivity index (χ2n) is 3.70. The lowest BCUT2D eigenvalue weighted by atomic mass is 10.2. The Hall–Kier alpha value is -1.52. The average Bonchev–Trinajstić information content (AvgIpc) is 2.28. The number of H-pyrrole nitrogens is 1. The van der Waals surface area contributed by atoms with Gasteiger partial charge >= 0.3 is 5.69 Å². The van der Waals surface area contributed by atoms with E-state index in [1.165, 1.54) is 0 Å². The zero-order valence-corrected chi connectivity index (χ0v) is 11.0. The number of aromatic nitrogens is 2. The van der Waals surface area contributed by atoms with Crippen molar-refractivity contribution in [2.45, 2.75) is 13.3 Å². The quantitative estimate of drug-likeness (QED) is 0.861. The number of nitrogens with one attached hydrogen (secondary N) is 1. The van der Waals surface area contributed by atoms with Gasteiger partial charge in [0.25, 0.3) is 5.56 Å². The van der Waals surface area contributed by atoms with Crippen LogP contribution >= 0.6 is 23.2 Å². The molecule has 1 N–H and O–H groups in total. The van der Waals surface area contributed by atoms with Crippen LogP contribution in [0.5, 0.6) is 0 Å². The first-order valence-corrected chi connectivity index (χ1v) is 6.09. The molecule has 0 radical (unpaired) electrons. The van der Waals surface area contributed by atoms with Crippen molar-refractivity contribution >= 4 is 23.2 Å². The number of rotatable bonds is 2. The molecule has 2 rings (SSSR count). The van der Waals surface area contributed by atoms with Crippen LogP contribution in [-0.2, 0) is 6.42 Å². The van der Waals surface area contributed by atoms with E-state index in [0.717, 1.165) is 4.57 Å². The molecule has 0 unspecified atom stereocenters. The molecular formula is C12H10Cl2N2O2. The van der Waals surface area contributed by atoms with Gasteiger partial charge in [-0.1, -0.05) is 36.2 Å². The van der Waals surface area contributed by atoms with E-state index in [9.17, 15) is 9.59 Å². The molecule has 4 nitrogen and oxygen atoms in total. The maximum Gasteiger partial charge on any atom is 0.334 e. The lowest BCUT2D eigenvalue weighted by Gasteiger charge is -2.07. The van der Waals surface area contributed by atoms with Crippen molar-refractivity contribution in [3.63, 3.8) is 0 Å². The highest BCUT2D eigenvalue weighted by atomic mass is 35.5. The van der Waals surface area contributed by atoms with Gasteiger partial charge in [-0.3, -0.25) is 9.78 Å². The van der Waals surface area contributed by atoms with Crippen molar-refractivity contribution in [3.8, 4) is 5.69 Å². The third-order valence-corrected chi connectivity index (χ3v) is 3.12. The van der Waals surface area contributed by atoms with E-state index < -0.39 is 11.2 Å². The first kappa shape index (κ1) is 12.9. The van der Waals surface area contributed by atoms with Crippen LogP contribution in [0.4, 0.5) is 0 Å². The van der Waals surface area contributed by atoms with E-state index in [0.29, 0.717) is 22.7 Å². The minimum absolute atomic E-state index is 0.0887. The molecule has 0 saturated carbocycles. The Bertz CT molecular complexity index is 704. The predicted octanol–water partition coefficient (Wildman–Crippen LogP) is 2.40. The molecular weight excluding hydrogens is 275 g/mol. The predicted molar refractivity (Wildman–Crippen MR) is 72.1 cm³/mol. The van der Waals surface area contributed by atoms with Crippen molar-refractivity contribution in [1.82, 2.24) is 9.55 Å². The lowest BCUT2D eigenvalue weighted by Crippen LogP contribution is -2.36. The zero-order valence-electron chi connectivity index (χ0n) is 9.54. The summed E-state index contributed by atoms with van der Waals surface area (Å²) in [6.07, 6.45) is 0.439. The molecule has 0 fully saturated rings. The largest absolute Gasteiger partial charge is 0.334 e. The van der Waals surface area contributed by atoms with E-state index in [4.69, 9.17) is 23.2 Å². The Morgan fingerprint density at radius 3 is 2.61 bits per heavy atom. The average molecular weight is 285 g/mol. The fraction of sp³-hybridized carbons (Fsp3) is 0.167. The number of benzene rings is 1. The van der Waals surface area contributed by atoms with Crippen LogP contribution < -0.4 is 11.2 Å². The summed E-state index contributed by atoms with van der Waals surface area (Å²) < 4.78 is 1.02. The van der Waals surface area contributed by atoms with Crippen molar-refractivity contribution < 1.29 is 0 Å². The summed E-state index contributed by atoms with van der Waals surface area (Å²) in [6, 6.07) is 6.52. The van der Waals surface area contributed by atoms with E-state index in [-0.39, 0.29) is 5.15 Å². The van der Waals surface area contributed by atoms with Gasteiger partial charge in [0, 0.05) is 5.02 Å². The van der Waals surface area contributed by atoms with Gasteiger partial charge in [0.05, 0.1) is 11.3 Å². The van der Waals surface area contributed by atoms with Gasteiger partial charge in [0.2, 0.25) is 0 Å². The maximum atomic E-state index is 12.2. The Kier molecular flexibility index (Phi) is 3.59. The molecule has 6 heteroatoms.